The smallest absolute Gasteiger partial charge is 0.0650 e. The lowest BCUT2D eigenvalue weighted by molar-refractivity contribution is 0.423. The van der Waals surface area contributed by atoms with E-state index in [1.807, 2.05) is 6.07 Å². The van der Waals surface area contributed by atoms with Gasteiger partial charge in [0.05, 0.1) is 10.7 Å². The molecule has 0 saturated carbocycles. The largest absolute Gasteiger partial charge is 0.369 e. The van der Waals surface area contributed by atoms with Crippen LogP contribution in [-0.2, 0) is 0 Å². The van der Waals surface area contributed by atoms with Gasteiger partial charge in [0.25, 0.3) is 0 Å². The van der Waals surface area contributed by atoms with Crippen LogP contribution in [0.5, 0.6) is 0 Å². The van der Waals surface area contributed by atoms with E-state index in [2.05, 4.69) is 51.9 Å². The van der Waals surface area contributed by atoms with Crippen molar-refractivity contribution in [3.63, 3.8) is 0 Å². The van der Waals surface area contributed by atoms with Gasteiger partial charge in [-0.1, -0.05) is 18.5 Å². The van der Waals surface area contributed by atoms with Crippen molar-refractivity contribution in [3.05, 3.63) is 26.8 Å². The molecule has 18 heavy (non-hydrogen) atoms. The molecule has 0 aliphatic carbocycles. The van der Waals surface area contributed by atoms with Crippen LogP contribution in [0.2, 0.25) is 5.02 Å². The summed E-state index contributed by atoms with van der Waals surface area (Å²) in [4.78, 5) is 2.41. The van der Waals surface area contributed by atoms with E-state index in [1.165, 1.54) is 28.5 Å². The Morgan fingerprint density at radius 2 is 2.33 bits per heavy atom. The zero-order valence-electron chi connectivity index (χ0n) is 10.8. The highest BCUT2D eigenvalue weighted by molar-refractivity contribution is 14.1. The number of nitrogens with zero attached hydrogens (tertiary/aromatic N) is 1. The minimum Gasteiger partial charge on any atom is -0.369 e. The zero-order valence-corrected chi connectivity index (χ0v) is 13.7. The highest BCUT2D eigenvalue weighted by atomic mass is 127. The molecule has 0 amide bonds. The molecule has 1 aromatic carbocycles. The molecular formula is C14H20ClIN2. The molecule has 100 valence electrons. The van der Waals surface area contributed by atoms with Crippen LogP contribution in [0.4, 0.5) is 5.69 Å². The fourth-order valence-electron chi connectivity index (χ4n) is 2.45. The van der Waals surface area contributed by atoms with Gasteiger partial charge in [-0.3, -0.25) is 0 Å². The van der Waals surface area contributed by atoms with Gasteiger partial charge >= 0.3 is 0 Å². The van der Waals surface area contributed by atoms with Crippen LogP contribution in [0.15, 0.2) is 18.2 Å². The van der Waals surface area contributed by atoms with Crippen LogP contribution in [0.25, 0.3) is 0 Å². The van der Waals surface area contributed by atoms with Crippen molar-refractivity contribution >= 4 is 39.9 Å². The number of hydrogen-bond acceptors (Lipinski definition) is 2. The van der Waals surface area contributed by atoms with Crippen molar-refractivity contribution in [1.29, 1.82) is 0 Å². The number of halogens is 2. The van der Waals surface area contributed by atoms with E-state index in [-0.39, 0.29) is 0 Å². The van der Waals surface area contributed by atoms with E-state index in [0.717, 1.165) is 24.7 Å². The second-order valence-electron chi connectivity index (χ2n) is 4.84. The molecule has 4 heteroatoms. The third-order valence-corrected chi connectivity index (χ3v) is 4.33. The second-order valence-corrected chi connectivity index (χ2v) is 6.49. The summed E-state index contributed by atoms with van der Waals surface area (Å²) in [6.07, 6.45) is 3.71. The van der Waals surface area contributed by atoms with Gasteiger partial charge in [0.1, 0.15) is 0 Å². The SMILES string of the molecule is CCCNC1CCCN(c2ccc(I)cc2Cl)C1. The molecule has 1 fully saturated rings. The summed E-state index contributed by atoms with van der Waals surface area (Å²) in [5.74, 6) is 0. The highest BCUT2D eigenvalue weighted by Crippen LogP contribution is 2.29. The first kappa shape index (κ1) is 14.4. The number of rotatable bonds is 4. The van der Waals surface area contributed by atoms with Crippen LogP contribution >= 0.6 is 34.2 Å². The lowest BCUT2D eigenvalue weighted by Crippen LogP contribution is -2.46. The maximum atomic E-state index is 6.35. The minimum atomic E-state index is 0.606. The predicted molar refractivity (Wildman–Crippen MR) is 87.7 cm³/mol. The summed E-state index contributed by atoms with van der Waals surface area (Å²) < 4.78 is 1.19. The van der Waals surface area contributed by atoms with E-state index in [1.54, 1.807) is 0 Å². The lowest BCUT2D eigenvalue weighted by atomic mass is 10.0. The van der Waals surface area contributed by atoms with Crippen LogP contribution in [-0.4, -0.2) is 25.7 Å². The van der Waals surface area contributed by atoms with Gasteiger partial charge in [-0.15, -0.1) is 0 Å². The average Bonchev–Trinajstić information content (AvgIpc) is 2.36. The lowest BCUT2D eigenvalue weighted by Gasteiger charge is -2.35. The Morgan fingerprint density at radius 3 is 3.06 bits per heavy atom. The molecule has 1 atom stereocenters. The van der Waals surface area contributed by atoms with E-state index >= 15 is 0 Å². The molecule has 0 spiro atoms. The van der Waals surface area contributed by atoms with Gasteiger partial charge in [-0.05, 0) is 66.6 Å². The van der Waals surface area contributed by atoms with Crippen molar-refractivity contribution in [2.75, 3.05) is 24.5 Å². The van der Waals surface area contributed by atoms with Gasteiger partial charge in [0, 0.05) is 22.7 Å². The molecule has 1 saturated heterocycles. The third kappa shape index (κ3) is 3.75. The predicted octanol–water partition coefficient (Wildman–Crippen LogP) is 3.91. The van der Waals surface area contributed by atoms with E-state index < -0.39 is 0 Å². The maximum absolute atomic E-state index is 6.35. The molecule has 1 aliphatic heterocycles. The first-order chi connectivity index (χ1) is 8.70. The monoisotopic (exact) mass is 378 g/mol. The van der Waals surface area contributed by atoms with Gasteiger partial charge in [-0.2, -0.15) is 0 Å². The summed E-state index contributed by atoms with van der Waals surface area (Å²) in [6.45, 7) is 5.51. The summed E-state index contributed by atoms with van der Waals surface area (Å²) in [5.41, 5.74) is 1.18. The van der Waals surface area contributed by atoms with Crippen molar-refractivity contribution in [1.82, 2.24) is 5.32 Å². The fourth-order valence-corrected chi connectivity index (χ4v) is 3.42. The summed E-state index contributed by atoms with van der Waals surface area (Å²) >= 11 is 8.65. The highest BCUT2D eigenvalue weighted by Gasteiger charge is 2.20. The molecule has 1 aromatic rings. The average molecular weight is 379 g/mol. The molecule has 2 nitrogen and oxygen atoms in total. The summed E-state index contributed by atoms with van der Waals surface area (Å²) in [6, 6.07) is 6.92. The Labute approximate surface area is 128 Å². The van der Waals surface area contributed by atoms with E-state index in [0.29, 0.717) is 6.04 Å². The van der Waals surface area contributed by atoms with Crippen molar-refractivity contribution in [2.45, 2.75) is 32.2 Å². The number of benzene rings is 1. The molecule has 2 rings (SSSR count). The standard InChI is InChI=1S/C14H20ClIN2/c1-2-7-17-12-4-3-8-18(10-12)14-6-5-11(16)9-13(14)15/h5-6,9,12,17H,2-4,7-8,10H2,1H3. The number of nitrogens with one attached hydrogen (secondary N) is 1. The quantitative estimate of drug-likeness (QED) is 0.799. The fraction of sp³-hybridized carbons (Fsp3) is 0.571. The number of anilines is 1. The maximum Gasteiger partial charge on any atom is 0.0650 e. The molecule has 1 unspecified atom stereocenters. The van der Waals surface area contributed by atoms with Crippen LogP contribution < -0.4 is 10.2 Å². The van der Waals surface area contributed by atoms with E-state index in [4.69, 9.17) is 11.6 Å². The van der Waals surface area contributed by atoms with Gasteiger partial charge in [0.2, 0.25) is 0 Å². The molecule has 1 N–H and O–H groups in total. The van der Waals surface area contributed by atoms with Gasteiger partial charge in [0.15, 0.2) is 0 Å². The van der Waals surface area contributed by atoms with Gasteiger partial charge in [-0.25, -0.2) is 0 Å². The second kappa shape index (κ2) is 6.96. The number of hydrogen-bond donors (Lipinski definition) is 1. The third-order valence-electron chi connectivity index (χ3n) is 3.35. The number of piperidine rings is 1. The Bertz CT molecular complexity index is 397. The first-order valence-electron chi connectivity index (χ1n) is 6.64. The van der Waals surface area contributed by atoms with Crippen molar-refractivity contribution < 1.29 is 0 Å². The van der Waals surface area contributed by atoms with E-state index in [9.17, 15) is 0 Å². The zero-order chi connectivity index (χ0) is 13.0. The van der Waals surface area contributed by atoms with Gasteiger partial charge < -0.3 is 10.2 Å². The normalized spacial score (nSPS) is 20.2. The van der Waals surface area contributed by atoms with Crippen LogP contribution in [0.1, 0.15) is 26.2 Å². The Balaban J connectivity index is 2.03. The molecule has 0 bridgehead atoms. The topological polar surface area (TPSA) is 15.3 Å². The molecule has 1 aliphatic rings. The Morgan fingerprint density at radius 1 is 1.50 bits per heavy atom. The summed E-state index contributed by atoms with van der Waals surface area (Å²) in [7, 11) is 0. The summed E-state index contributed by atoms with van der Waals surface area (Å²) in [5, 5.41) is 4.49. The Kier molecular flexibility index (Phi) is 5.57. The Hall–Kier alpha value is -0.0000000000000000555. The first-order valence-corrected chi connectivity index (χ1v) is 8.09. The molecule has 1 heterocycles. The minimum absolute atomic E-state index is 0.606. The van der Waals surface area contributed by atoms with Crippen LogP contribution in [0, 0.1) is 3.57 Å². The molecule has 0 aromatic heterocycles. The van der Waals surface area contributed by atoms with Crippen molar-refractivity contribution in [3.8, 4) is 0 Å². The molecule has 0 radical (unpaired) electrons. The van der Waals surface area contributed by atoms with Crippen LogP contribution in [0.3, 0.4) is 0 Å². The van der Waals surface area contributed by atoms with Crippen molar-refractivity contribution in [2.24, 2.45) is 0 Å². The molecular weight excluding hydrogens is 359 g/mol.